The summed E-state index contributed by atoms with van der Waals surface area (Å²) in [6.07, 6.45) is 1.40. The van der Waals surface area contributed by atoms with Crippen molar-refractivity contribution in [2.75, 3.05) is 38.5 Å². The summed E-state index contributed by atoms with van der Waals surface area (Å²) >= 11 is 0. The van der Waals surface area contributed by atoms with E-state index in [-0.39, 0.29) is 5.56 Å². The predicted octanol–water partition coefficient (Wildman–Crippen LogP) is 3.62. The molecule has 0 aliphatic carbocycles. The van der Waals surface area contributed by atoms with Gasteiger partial charge in [-0.1, -0.05) is 0 Å². The topological polar surface area (TPSA) is 76.6 Å². The van der Waals surface area contributed by atoms with Crippen LogP contribution >= 0.6 is 0 Å². The predicted molar refractivity (Wildman–Crippen MR) is 109 cm³/mol. The van der Waals surface area contributed by atoms with Gasteiger partial charge in [0.25, 0.3) is 5.91 Å². The van der Waals surface area contributed by atoms with Crippen molar-refractivity contribution in [2.24, 2.45) is 0 Å². The molecular formula is C21H21FN4O3. The van der Waals surface area contributed by atoms with Crippen LogP contribution in [0.25, 0.3) is 11.3 Å². The van der Waals surface area contributed by atoms with Crippen LogP contribution in [0.4, 0.5) is 15.9 Å². The van der Waals surface area contributed by atoms with Crippen molar-refractivity contribution < 1.29 is 18.7 Å². The fourth-order valence-electron chi connectivity index (χ4n) is 2.71. The van der Waals surface area contributed by atoms with Gasteiger partial charge in [0.2, 0.25) is 0 Å². The number of nitrogens with one attached hydrogen (secondary N) is 1. The normalized spacial score (nSPS) is 10.4. The third-order valence-corrected chi connectivity index (χ3v) is 4.22. The lowest BCUT2D eigenvalue weighted by Crippen LogP contribution is -2.13. The Morgan fingerprint density at radius 3 is 2.52 bits per heavy atom. The molecule has 1 N–H and O–H groups in total. The van der Waals surface area contributed by atoms with E-state index in [0.29, 0.717) is 34.3 Å². The van der Waals surface area contributed by atoms with Crippen LogP contribution in [0, 0.1) is 5.82 Å². The lowest BCUT2D eigenvalue weighted by molar-refractivity contribution is 0.102. The minimum absolute atomic E-state index is 0.155. The van der Waals surface area contributed by atoms with E-state index in [1.54, 1.807) is 30.3 Å². The molecular weight excluding hydrogens is 375 g/mol. The van der Waals surface area contributed by atoms with Gasteiger partial charge in [0.15, 0.2) is 0 Å². The average Bonchev–Trinajstić information content (AvgIpc) is 2.73. The molecule has 0 saturated carbocycles. The summed E-state index contributed by atoms with van der Waals surface area (Å²) in [6.45, 7) is 0. The van der Waals surface area contributed by atoms with Gasteiger partial charge in [-0.25, -0.2) is 14.4 Å². The Kier molecular flexibility index (Phi) is 5.92. The Balaban J connectivity index is 1.92. The van der Waals surface area contributed by atoms with Gasteiger partial charge in [-0.05, 0) is 30.3 Å². The van der Waals surface area contributed by atoms with Crippen LogP contribution in [0.2, 0.25) is 0 Å². The molecule has 1 amide bonds. The highest BCUT2D eigenvalue weighted by Crippen LogP contribution is 2.30. The molecule has 8 heteroatoms. The van der Waals surface area contributed by atoms with Crippen molar-refractivity contribution >= 4 is 17.4 Å². The number of nitrogens with zero attached hydrogens (tertiary/aromatic N) is 3. The highest BCUT2D eigenvalue weighted by molar-refractivity contribution is 6.05. The summed E-state index contributed by atoms with van der Waals surface area (Å²) in [6, 6.07) is 10.8. The zero-order chi connectivity index (χ0) is 21.0. The van der Waals surface area contributed by atoms with E-state index in [1.165, 1.54) is 32.7 Å². The van der Waals surface area contributed by atoms with Crippen LogP contribution in [0.3, 0.4) is 0 Å². The lowest BCUT2D eigenvalue weighted by atomic mass is 10.1. The van der Waals surface area contributed by atoms with Gasteiger partial charge in [-0.3, -0.25) is 4.79 Å². The van der Waals surface area contributed by atoms with Crippen LogP contribution in [0.1, 0.15) is 10.4 Å². The molecule has 0 aliphatic heterocycles. The van der Waals surface area contributed by atoms with Gasteiger partial charge in [-0.2, -0.15) is 0 Å². The Labute approximate surface area is 168 Å². The Hall–Kier alpha value is -3.68. The van der Waals surface area contributed by atoms with Gasteiger partial charge < -0.3 is 19.7 Å². The number of amides is 1. The van der Waals surface area contributed by atoms with Gasteiger partial charge in [0.05, 0.1) is 25.6 Å². The number of carbonyl (C=O) groups excluding carboxylic acids is 1. The number of benzene rings is 2. The first-order valence-corrected chi connectivity index (χ1v) is 8.75. The summed E-state index contributed by atoms with van der Waals surface area (Å²) < 4.78 is 24.7. The molecule has 1 heterocycles. The summed E-state index contributed by atoms with van der Waals surface area (Å²) in [5.74, 6) is 0.679. The number of ether oxygens (including phenoxy) is 2. The van der Waals surface area contributed by atoms with Crippen LogP contribution < -0.4 is 19.7 Å². The number of methoxy groups -OCH3 is 2. The number of anilines is 2. The Bertz CT molecular complexity index is 1040. The second kappa shape index (κ2) is 8.55. The molecule has 0 aliphatic rings. The van der Waals surface area contributed by atoms with E-state index in [2.05, 4.69) is 15.3 Å². The molecule has 0 bridgehead atoms. The van der Waals surface area contributed by atoms with Crippen molar-refractivity contribution in [1.82, 2.24) is 9.97 Å². The second-order valence-electron chi connectivity index (χ2n) is 6.40. The first-order valence-electron chi connectivity index (χ1n) is 8.75. The molecule has 3 rings (SSSR count). The van der Waals surface area contributed by atoms with Crippen LogP contribution in [0.5, 0.6) is 11.5 Å². The number of hydrogen-bond donors (Lipinski definition) is 1. The maximum Gasteiger partial charge on any atom is 0.255 e. The molecule has 29 heavy (non-hydrogen) atoms. The minimum Gasteiger partial charge on any atom is -0.497 e. The smallest absolute Gasteiger partial charge is 0.255 e. The quantitative estimate of drug-likeness (QED) is 0.686. The lowest BCUT2D eigenvalue weighted by Gasteiger charge is -2.13. The zero-order valence-electron chi connectivity index (χ0n) is 16.6. The molecule has 1 aromatic heterocycles. The van der Waals surface area contributed by atoms with E-state index in [1.807, 2.05) is 19.0 Å². The molecule has 0 atom stereocenters. The number of hydrogen-bond acceptors (Lipinski definition) is 6. The fourth-order valence-corrected chi connectivity index (χ4v) is 2.71. The monoisotopic (exact) mass is 396 g/mol. The van der Waals surface area contributed by atoms with E-state index < -0.39 is 11.7 Å². The standard InChI is InChI=1S/C21H21FN4O3/c1-26(2)20-11-18(23-12-24-20)13-7-14(9-15(22)8-13)21(27)25-17-6-5-16(28-3)10-19(17)29-4/h5-12H,1-4H3,(H,25,27). The Morgan fingerprint density at radius 1 is 1.03 bits per heavy atom. The van der Waals surface area contributed by atoms with Crippen molar-refractivity contribution in [3.05, 3.63) is 60.2 Å². The summed E-state index contributed by atoms with van der Waals surface area (Å²) in [5.41, 5.74) is 1.59. The molecule has 0 unspecified atom stereocenters. The number of aromatic nitrogens is 2. The SMILES string of the molecule is COc1ccc(NC(=O)c2cc(F)cc(-c3cc(N(C)C)ncn3)c2)c(OC)c1. The zero-order valence-corrected chi connectivity index (χ0v) is 16.6. The maximum absolute atomic E-state index is 14.2. The van der Waals surface area contributed by atoms with Gasteiger partial charge in [0.1, 0.15) is 29.5 Å². The van der Waals surface area contributed by atoms with E-state index in [0.717, 1.165) is 0 Å². The van der Waals surface area contributed by atoms with Crippen LogP contribution in [-0.2, 0) is 0 Å². The van der Waals surface area contributed by atoms with Gasteiger partial charge >= 0.3 is 0 Å². The molecule has 0 saturated heterocycles. The summed E-state index contributed by atoms with van der Waals surface area (Å²) in [5, 5.41) is 2.74. The Morgan fingerprint density at radius 2 is 1.83 bits per heavy atom. The van der Waals surface area contributed by atoms with E-state index in [9.17, 15) is 9.18 Å². The minimum atomic E-state index is -0.542. The summed E-state index contributed by atoms with van der Waals surface area (Å²) in [4.78, 5) is 22.9. The fraction of sp³-hybridized carbons (Fsp3) is 0.190. The first kappa shape index (κ1) is 20.1. The average molecular weight is 396 g/mol. The summed E-state index contributed by atoms with van der Waals surface area (Å²) in [7, 11) is 6.72. The van der Waals surface area contributed by atoms with Gasteiger partial charge in [0, 0.05) is 37.4 Å². The molecule has 0 radical (unpaired) electrons. The third kappa shape index (κ3) is 4.60. The van der Waals surface area contributed by atoms with Crippen LogP contribution in [-0.4, -0.2) is 44.2 Å². The van der Waals surface area contributed by atoms with E-state index in [4.69, 9.17) is 9.47 Å². The molecule has 3 aromatic rings. The van der Waals surface area contributed by atoms with Crippen molar-refractivity contribution in [2.45, 2.75) is 0 Å². The van der Waals surface area contributed by atoms with Crippen molar-refractivity contribution in [3.63, 3.8) is 0 Å². The number of halogens is 1. The van der Waals surface area contributed by atoms with Crippen LogP contribution in [0.15, 0.2) is 48.8 Å². The third-order valence-electron chi connectivity index (χ3n) is 4.22. The first-order chi connectivity index (χ1) is 13.9. The molecule has 2 aromatic carbocycles. The van der Waals surface area contributed by atoms with Crippen molar-refractivity contribution in [1.29, 1.82) is 0 Å². The number of carbonyl (C=O) groups is 1. The van der Waals surface area contributed by atoms with E-state index >= 15 is 0 Å². The molecule has 150 valence electrons. The maximum atomic E-state index is 14.2. The second-order valence-corrected chi connectivity index (χ2v) is 6.40. The van der Waals surface area contributed by atoms with Gasteiger partial charge in [-0.15, -0.1) is 0 Å². The highest BCUT2D eigenvalue weighted by atomic mass is 19.1. The number of rotatable bonds is 6. The molecule has 7 nitrogen and oxygen atoms in total. The van der Waals surface area contributed by atoms with Crippen molar-refractivity contribution in [3.8, 4) is 22.8 Å². The largest absolute Gasteiger partial charge is 0.497 e. The molecule has 0 spiro atoms. The highest BCUT2D eigenvalue weighted by Gasteiger charge is 2.14. The molecule has 0 fully saturated rings.